The maximum Gasteiger partial charge on any atom is 0.230 e. The monoisotopic (exact) mass is 398 g/mol. The van der Waals surface area contributed by atoms with E-state index in [9.17, 15) is 4.79 Å². The average molecular weight is 399 g/mol. The van der Waals surface area contributed by atoms with Gasteiger partial charge in [-0.05, 0) is 44.4 Å². The molecule has 1 heterocycles. The topological polar surface area (TPSA) is 59.8 Å². The largest absolute Gasteiger partial charge is 0.349 e. The Morgan fingerprint density at radius 3 is 2.76 bits per heavy atom. The molecule has 1 aliphatic rings. The first-order valence-corrected chi connectivity index (χ1v) is 10.0. The molecule has 1 unspecified atom stereocenters. The molecule has 0 aliphatic heterocycles. The van der Waals surface area contributed by atoms with Crippen molar-refractivity contribution in [3.05, 3.63) is 39.6 Å². The Balaban J connectivity index is 1.56. The maximum absolute atomic E-state index is 12.3. The summed E-state index contributed by atoms with van der Waals surface area (Å²) in [5.74, 6) is 1.84. The van der Waals surface area contributed by atoms with E-state index in [1.165, 1.54) is 24.6 Å². The summed E-state index contributed by atoms with van der Waals surface area (Å²) in [5, 5.41) is 13.3. The molecule has 3 rings (SSSR count). The average Bonchev–Trinajstić information content (AvgIpc) is 3.35. The lowest BCUT2D eigenvalue weighted by molar-refractivity contribution is -0.119. The highest BCUT2D eigenvalue weighted by atomic mass is 35.5. The highest BCUT2D eigenvalue weighted by molar-refractivity contribution is 7.99. The van der Waals surface area contributed by atoms with Crippen LogP contribution in [-0.2, 0) is 11.3 Å². The third kappa shape index (κ3) is 4.49. The van der Waals surface area contributed by atoms with Gasteiger partial charge >= 0.3 is 0 Å². The molecule has 5 nitrogen and oxygen atoms in total. The fourth-order valence-corrected chi connectivity index (χ4v) is 3.75. The van der Waals surface area contributed by atoms with E-state index in [2.05, 4.69) is 27.0 Å². The summed E-state index contributed by atoms with van der Waals surface area (Å²) in [6.07, 6.45) is 2.37. The number of thioether (sulfide) groups is 1. The van der Waals surface area contributed by atoms with E-state index in [1.807, 2.05) is 13.0 Å². The van der Waals surface area contributed by atoms with E-state index in [0.717, 1.165) is 23.1 Å². The zero-order chi connectivity index (χ0) is 18.0. The molecule has 1 fully saturated rings. The van der Waals surface area contributed by atoms with Crippen molar-refractivity contribution < 1.29 is 4.79 Å². The molecule has 1 N–H and O–H groups in total. The van der Waals surface area contributed by atoms with Gasteiger partial charge in [-0.25, -0.2) is 0 Å². The first-order valence-electron chi connectivity index (χ1n) is 8.29. The molecule has 0 radical (unpaired) electrons. The number of nitrogens with one attached hydrogen (secondary N) is 1. The molecule has 1 saturated carbocycles. The van der Waals surface area contributed by atoms with Gasteiger partial charge in [0.15, 0.2) is 5.16 Å². The third-order valence-corrected chi connectivity index (χ3v) is 5.86. The van der Waals surface area contributed by atoms with Crippen molar-refractivity contribution in [2.75, 3.05) is 5.75 Å². The number of carbonyl (C=O) groups excluding carboxylic acids is 1. The molecule has 0 bridgehead atoms. The van der Waals surface area contributed by atoms with Gasteiger partial charge in [-0.15, -0.1) is 10.2 Å². The second kappa shape index (κ2) is 7.98. The van der Waals surface area contributed by atoms with E-state index < -0.39 is 0 Å². The van der Waals surface area contributed by atoms with Crippen LogP contribution in [0.5, 0.6) is 0 Å². The number of amides is 1. The fourth-order valence-electron chi connectivity index (χ4n) is 2.63. The van der Waals surface area contributed by atoms with E-state index >= 15 is 0 Å². The molecule has 1 aromatic heterocycles. The smallest absolute Gasteiger partial charge is 0.230 e. The highest BCUT2D eigenvalue weighted by Gasteiger charge is 2.30. The van der Waals surface area contributed by atoms with Crippen LogP contribution >= 0.6 is 35.0 Å². The lowest BCUT2D eigenvalue weighted by Crippen LogP contribution is -2.28. The summed E-state index contributed by atoms with van der Waals surface area (Å²) in [4.78, 5) is 12.3. The number of aromatic nitrogens is 3. The standard InChI is InChI=1S/C17H20Cl2N4OS/c1-3-23-16(11-4-5-11)21-22-17(23)25-9-15(24)20-10(2)12-6-7-13(18)14(19)8-12/h6-8,10-11H,3-5,9H2,1-2H3,(H,20,24). The second-order valence-electron chi connectivity index (χ2n) is 6.11. The Morgan fingerprint density at radius 1 is 1.36 bits per heavy atom. The summed E-state index contributed by atoms with van der Waals surface area (Å²) in [6.45, 7) is 4.82. The third-order valence-electron chi connectivity index (χ3n) is 4.16. The van der Waals surface area contributed by atoms with Crippen molar-refractivity contribution in [3.8, 4) is 0 Å². The van der Waals surface area contributed by atoms with Crippen LogP contribution in [0.4, 0.5) is 0 Å². The second-order valence-corrected chi connectivity index (χ2v) is 7.87. The number of nitrogens with zero attached hydrogens (tertiary/aromatic N) is 3. The lowest BCUT2D eigenvalue weighted by Gasteiger charge is -2.15. The van der Waals surface area contributed by atoms with E-state index in [4.69, 9.17) is 23.2 Å². The summed E-state index contributed by atoms with van der Waals surface area (Å²) in [5.41, 5.74) is 0.917. The van der Waals surface area contributed by atoms with Crippen molar-refractivity contribution in [2.24, 2.45) is 0 Å². The van der Waals surface area contributed by atoms with Crippen LogP contribution in [0.15, 0.2) is 23.4 Å². The van der Waals surface area contributed by atoms with E-state index in [1.54, 1.807) is 12.1 Å². The molecule has 1 aromatic carbocycles. The van der Waals surface area contributed by atoms with Crippen LogP contribution in [0, 0.1) is 0 Å². The minimum Gasteiger partial charge on any atom is -0.349 e. The first kappa shape index (κ1) is 18.5. The number of carbonyl (C=O) groups is 1. The number of rotatable bonds is 7. The van der Waals surface area contributed by atoms with Crippen LogP contribution < -0.4 is 5.32 Å². The van der Waals surface area contributed by atoms with Gasteiger partial charge < -0.3 is 9.88 Å². The van der Waals surface area contributed by atoms with Gasteiger partial charge in [0.25, 0.3) is 0 Å². The van der Waals surface area contributed by atoms with Crippen LogP contribution in [0.2, 0.25) is 10.0 Å². The predicted octanol–water partition coefficient (Wildman–Crippen LogP) is 4.45. The van der Waals surface area contributed by atoms with Gasteiger partial charge in [0.05, 0.1) is 21.8 Å². The number of hydrogen-bond donors (Lipinski definition) is 1. The van der Waals surface area contributed by atoms with Gasteiger partial charge in [0, 0.05) is 12.5 Å². The van der Waals surface area contributed by atoms with Crippen molar-refractivity contribution in [3.63, 3.8) is 0 Å². The number of hydrogen-bond acceptors (Lipinski definition) is 4. The Morgan fingerprint density at radius 2 is 2.12 bits per heavy atom. The molecule has 2 aromatic rings. The molecule has 1 amide bonds. The summed E-state index contributed by atoms with van der Waals surface area (Å²) in [6, 6.07) is 5.23. The van der Waals surface area contributed by atoms with Gasteiger partial charge in [-0.1, -0.05) is 41.0 Å². The molecule has 0 saturated heterocycles. The molecule has 1 aliphatic carbocycles. The zero-order valence-electron chi connectivity index (χ0n) is 14.1. The summed E-state index contributed by atoms with van der Waals surface area (Å²) in [7, 11) is 0. The highest BCUT2D eigenvalue weighted by Crippen LogP contribution is 2.40. The van der Waals surface area contributed by atoms with Gasteiger partial charge in [-0.3, -0.25) is 4.79 Å². The Bertz CT molecular complexity index is 776. The van der Waals surface area contributed by atoms with Crippen LogP contribution in [-0.4, -0.2) is 26.4 Å². The van der Waals surface area contributed by atoms with Crippen molar-refractivity contribution in [1.29, 1.82) is 0 Å². The van der Waals surface area contributed by atoms with Crippen molar-refractivity contribution in [2.45, 2.75) is 50.4 Å². The Kier molecular flexibility index (Phi) is 5.92. The SMILES string of the molecule is CCn1c(SCC(=O)NC(C)c2ccc(Cl)c(Cl)c2)nnc1C1CC1. The first-order chi connectivity index (χ1) is 12.0. The van der Waals surface area contributed by atoms with Crippen molar-refractivity contribution >= 4 is 40.9 Å². The van der Waals surface area contributed by atoms with Crippen LogP contribution in [0.1, 0.15) is 50.0 Å². The number of halogens is 2. The van der Waals surface area contributed by atoms with Crippen molar-refractivity contribution in [1.82, 2.24) is 20.1 Å². The predicted molar refractivity (Wildman–Crippen MR) is 101 cm³/mol. The fraction of sp³-hybridized carbons (Fsp3) is 0.471. The van der Waals surface area contributed by atoms with Gasteiger partial charge in [0.1, 0.15) is 5.82 Å². The Hall–Kier alpha value is -1.24. The maximum atomic E-state index is 12.3. The summed E-state index contributed by atoms with van der Waals surface area (Å²) >= 11 is 13.4. The van der Waals surface area contributed by atoms with E-state index in [0.29, 0.717) is 21.7 Å². The Labute approximate surface area is 161 Å². The van der Waals surface area contributed by atoms with Crippen LogP contribution in [0.3, 0.4) is 0 Å². The molecule has 8 heteroatoms. The number of benzene rings is 1. The van der Waals surface area contributed by atoms with E-state index in [-0.39, 0.29) is 11.9 Å². The molecule has 0 spiro atoms. The van der Waals surface area contributed by atoms with Gasteiger partial charge in [0.2, 0.25) is 5.91 Å². The minimum absolute atomic E-state index is 0.0535. The molecule has 1 atom stereocenters. The zero-order valence-corrected chi connectivity index (χ0v) is 16.5. The molecule has 25 heavy (non-hydrogen) atoms. The molecular formula is C17H20Cl2N4OS. The molecule has 134 valence electrons. The summed E-state index contributed by atoms with van der Waals surface area (Å²) < 4.78 is 2.11. The van der Waals surface area contributed by atoms with Gasteiger partial charge in [-0.2, -0.15) is 0 Å². The quantitative estimate of drug-likeness (QED) is 0.699. The molecular weight excluding hydrogens is 379 g/mol. The van der Waals surface area contributed by atoms with Crippen LogP contribution in [0.25, 0.3) is 0 Å². The normalized spacial score (nSPS) is 15.2. The lowest BCUT2D eigenvalue weighted by atomic mass is 10.1. The minimum atomic E-state index is -0.145.